The van der Waals surface area contributed by atoms with Crippen molar-refractivity contribution in [1.82, 2.24) is 25.1 Å². The molecule has 1 saturated heterocycles. The number of fused-ring (bicyclic) bond motifs is 2. The number of urea groups is 1. The lowest BCUT2D eigenvalue weighted by atomic mass is 9.99. The van der Waals surface area contributed by atoms with E-state index in [1.807, 2.05) is 0 Å². The fraction of sp³-hybridized carbons (Fsp3) is 0.250. The topological polar surface area (TPSA) is 106 Å². The molecule has 0 saturated carbocycles. The minimum absolute atomic E-state index is 0.132. The Balaban J connectivity index is 1.48. The van der Waals surface area contributed by atoms with Crippen LogP contribution in [-0.2, 0) is 24.6 Å². The van der Waals surface area contributed by atoms with Gasteiger partial charge in [0.15, 0.2) is 0 Å². The summed E-state index contributed by atoms with van der Waals surface area (Å²) in [4.78, 5) is 42.8. The molecule has 5 rings (SSSR count). The smallest absolute Gasteiger partial charge is 0.449 e. The zero-order valence-corrected chi connectivity index (χ0v) is 19.0. The van der Waals surface area contributed by atoms with Gasteiger partial charge in [0.05, 0.1) is 24.7 Å². The van der Waals surface area contributed by atoms with Gasteiger partial charge in [0.25, 0.3) is 11.8 Å². The van der Waals surface area contributed by atoms with Crippen LogP contribution in [0.2, 0.25) is 0 Å². The third kappa shape index (κ3) is 3.78. The molecule has 9 nitrogen and oxygen atoms in total. The van der Waals surface area contributed by atoms with Crippen LogP contribution >= 0.6 is 0 Å². The Morgan fingerprint density at radius 1 is 1.17 bits per heavy atom. The van der Waals surface area contributed by atoms with Gasteiger partial charge in [-0.25, -0.2) is 9.78 Å². The largest absolute Gasteiger partial charge is 0.497 e. The van der Waals surface area contributed by atoms with E-state index >= 15 is 0 Å². The van der Waals surface area contributed by atoms with E-state index in [1.54, 1.807) is 18.2 Å². The van der Waals surface area contributed by atoms with Crippen molar-refractivity contribution in [3.05, 3.63) is 58.9 Å². The van der Waals surface area contributed by atoms with Crippen LogP contribution < -0.4 is 15.4 Å². The van der Waals surface area contributed by atoms with Crippen molar-refractivity contribution in [3.8, 4) is 17.6 Å². The first-order chi connectivity index (χ1) is 17.0. The minimum Gasteiger partial charge on any atom is -0.497 e. The summed E-state index contributed by atoms with van der Waals surface area (Å²) >= 11 is 0. The maximum Gasteiger partial charge on any atom is 0.449 e. The Labute approximate surface area is 202 Å². The first kappa shape index (κ1) is 23.2. The van der Waals surface area contributed by atoms with Crippen molar-refractivity contribution in [2.24, 2.45) is 7.05 Å². The van der Waals surface area contributed by atoms with E-state index in [-0.39, 0.29) is 30.0 Å². The van der Waals surface area contributed by atoms with E-state index in [0.29, 0.717) is 16.9 Å². The third-order valence-corrected chi connectivity index (χ3v) is 6.12. The van der Waals surface area contributed by atoms with Gasteiger partial charge in [-0.3, -0.25) is 14.9 Å². The van der Waals surface area contributed by atoms with E-state index in [4.69, 9.17) is 4.74 Å². The highest BCUT2D eigenvalue weighted by Crippen LogP contribution is 2.31. The summed E-state index contributed by atoms with van der Waals surface area (Å²) in [5.74, 6) is 3.88. The van der Waals surface area contributed by atoms with Crippen molar-refractivity contribution in [2.45, 2.75) is 18.3 Å². The van der Waals surface area contributed by atoms with Crippen LogP contribution in [0.25, 0.3) is 11.0 Å². The standard InChI is InChI=1S/C24H18F3N5O4/c1-31-18-9-13(3-6-17(18)28-20(31)24(25,26)27)7-8-23(21(34)29-22(35)30-23)12-32-11-14-4-5-15(36-2)10-16(14)19(32)33/h3-6,9-10H,11-12H2,1-2H3,(H2,29,30,34,35)/t23-/m1/s1. The lowest BCUT2D eigenvalue weighted by Crippen LogP contribution is -2.54. The molecule has 1 atom stereocenters. The van der Waals surface area contributed by atoms with Crippen LogP contribution in [0.1, 0.15) is 27.3 Å². The highest BCUT2D eigenvalue weighted by Gasteiger charge is 2.48. The number of nitrogens with zero attached hydrogens (tertiary/aromatic N) is 3. The molecule has 2 N–H and O–H groups in total. The number of hydrogen-bond acceptors (Lipinski definition) is 5. The fourth-order valence-electron chi connectivity index (χ4n) is 4.31. The van der Waals surface area contributed by atoms with Gasteiger partial charge in [-0.1, -0.05) is 17.9 Å². The number of carbonyl (C=O) groups is 3. The number of carbonyl (C=O) groups excluding carboxylic acids is 3. The van der Waals surface area contributed by atoms with Gasteiger partial charge in [-0.2, -0.15) is 13.2 Å². The average Bonchev–Trinajstić information content (AvgIpc) is 3.43. The van der Waals surface area contributed by atoms with Crippen LogP contribution in [-0.4, -0.2) is 51.5 Å². The van der Waals surface area contributed by atoms with Crippen molar-refractivity contribution >= 4 is 28.9 Å². The summed E-state index contributed by atoms with van der Waals surface area (Å²) in [7, 11) is 2.72. The normalized spacial score (nSPS) is 19.1. The number of alkyl halides is 3. The van der Waals surface area contributed by atoms with Crippen molar-refractivity contribution < 1.29 is 32.3 Å². The summed E-state index contributed by atoms with van der Waals surface area (Å²) in [5, 5.41) is 4.64. The molecule has 1 fully saturated rings. The summed E-state index contributed by atoms with van der Waals surface area (Å²) < 4.78 is 45.7. The van der Waals surface area contributed by atoms with Gasteiger partial charge in [0.1, 0.15) is 5.75 Å². The second-order valence-corrected chi connectivity index (χ2v) is 8.44. The number of imidazole rings is 1. The Hall–Kier alpha value is -4.53. The second-order valence-electron chi connectivity index (χ2n) is 8.44. The highest BCUT2D eigenvalue weighted by atomic mass is 19.4. The Morgan fingerprint density at radius 3 is 2.61 bits per heavy atom. The number of ether oxygens (including phenoxy) is 1. The van der Waals surface area contributed by atoms with Crippen LogP contribution in [0.3, 0.4) is 0 Å². The maximum absolute atomic E-state index is 13.2. The average molecular weight is 497 g/mol. The number of methoxy groups -OCH3 is 1. The molecular weight excluding hydrogens is 479 g/mol. The molecule has 1 aromatic heterocycles. The predicted octanol–water partition coefficient (Wildman–Crippen LogP) is 2.19. The van der Waals surface area contributed by atoms with Gasteiger partial charge in [0, 0.05) is 24.7 Å². The molecule has 2 aliphatic rings. The van der Waals surface area contributed by atoms with E-state index in [1.165, 1.54) is 37.3 Å². The van der Waals surface area contributed by atoms with E-state index in [9.17, 15) is 27.6 Å². The maximum atomic E-state index is 13.2. The number of benzene rings is 2. The molecule has 0 aliphatic carbocycles. The summed E-state index contributed by atoms with van der Waals surface area (Å²) in [6.45, 7) is -0.0362. The van der Waals surface area contributed by atoms with Gasteiger partial charge in [-0.05, 0) is 35.9 Å². The van der Waals surface area contributed by atoms with Gasteiger partial charge < -0.3 is 19.5 Å². The molecule has 4 amide bonds. The monoisotopic (exact) mass is 497 g/mol. The molecular formula is C24H18F3N5O4. The fourth-order valence-corrected chi connectivity index (χ4v) is 4.31. The predicted molar refractivity (Wildman–Crippen MR) is 120 cm³/mol. The zero-order valence-electron chi connectivity index (χ0n) is 19.0. The quantitative estimate of drug-likeness (QED) is 0.427. The summed E-state index contributed by atoms with van der Waals surface area (Å²) in [5.41, 5.74) is 0.0284. The Bertz CT molecular complexity index is 1520. The van der Waals surface area contributed by atoms with E-state index in [0.717, 1.165) is 10.1 Å². The summed E-state index contributed by atoms with van der Waals surface area (Å²) in [6, 6.07) is 8.57. The number of aromatic nitrogens is 2. The number of rotatable bonds is 3. The first-order valence-corrected chi connectivity index (χ1v) is 10.7. The molecule has 184 valence electrons. The molecule has 0 spiro atoms. The Morgan fingerprint density at radius 2 is 1.94 bits per heavy atom. The molecule has 36 heavy (non-hydrogen) atoms. The third-order valence-electron chi connectivity index (χ3n) is 6.12. The van der Waals surface area contributed by atoms with Crippen molar-refractivity contribution in [2.75, 3.05) is 13.7 Å². The van der Waals surface area contributed by atoms with Crippen LogP contribution in [0.15, 0.2) is 36.4 Å². The molecule has 12 heteroatoms. The molecule has 0 bridgehead atoms. The minimum atomic E-state index is -4.63. The number of amides is 4. The van der Waals surface area contributed by atoms with Gasteiger partial charge in [-0.15, -0.1) is 0 Å². The Kier molecular flexibility index (Phi) is 5.17. The number of aryl methyl sites for hydroxylation is 1. The van der Waals surface area contributed by atoms with Crippen molar-refractivity contribution in [3.63, 3.8) is 0 Å². The van der Waals surface area contributed by atoms with Crippen LogP contribution in [0, 0.1) is 11.8 Å². The number of nitrogens with one attached hydrogen (secondary N) is 2. The first-order valence-electron chi connectivity index (χ1n) is 10.7. The molecule has 0 unspecified atom stereocenters. The summed E-state index contributed by atoms with van der Waals surface area (Å²) in [6.07, 6.45) is -4.63. The number of imide groups is 1. The van der Waals surface area contributed by atoms with Crippen LogP contribution in [0.5, 0.6) is 5.75 Å². The number of halogens is 3. The lowest BCUT2D eigenvalue weighted by molar-refractivity contribution is -0.146. The van der Waals surface area contributed by atoms with Gasteiger partial charge in [0.2, 0.25) is 11.4 Å². The van der Waals surface area contributed by atoms with Crippen molar-refractivity contribution in [1.29, 1.82) is 0 Å². The SMILES string of the molecule is COc1ccc2c(c1)C(=O)N(C[C@@]1(C#Cc3ccc4nc(C(F)(F)F)n(C)c4c3)NC(=O)NC1=O)C2. The number of hydrogen-bond donors (Lipinski definition) is 2. The molecule has 2 aliphatic heterocycles. The van der Waals surface area contributed by atoms with E-state index < -0.39 is 29.5 Å². The van der Waals surface area contributed by atoms with E-state index in [2.05, 4.69) is 27.5 Å². The molecule has 2 aromatic carbocycles. The van der Waals surface area contributed by atoms with Gasteiger partial charge >= 0.3 is 12.2 Å². The molecule has 3 heterocycles. The highest BCUT2D eigenvalue weighted by molar-refractivity contribution is 6.10. The van der Waals surface area contributed by atoms with Crippen LogP contribution in [0.4, 0.5) is 18.0 Å². The zero-order chi connectivity index (χ0) is 25.8. The molecule has 0 radical (unpaired) electrons. The lowest BCUT2D eigenvalue weighted by Gasteiger charge is -2.26. The second kappa shape index (κ2) is 8.01. The molecule has 3 aromatic rings.